The smallest absolute Gasteiger partial charge is 0.117 e. The zero-order valence-corrected chi connectivity index (χ0v) is 9.71. The summed E-state index contributed by atoms with van der Waals surface area (Å²) in [4.78, 5) is 0. The van der Waals surface area contributed by atoms with E-state index in [0.717, 1.165) is 12.8 Å². The lowest BCUT2D eigenvalue weighted by Crippen LogP contribution is -2.38. The zero-order chi connectivity index (χ0) is 12.0. The second-order valence-corrected chi connectivity index (χ2v) is 4.96. The quantitative estimate of drug-likeness (QED) is 0.824. The van der Waals surface area contributed by atoms with Crippen LogP contribution in [-0.4, -0.2) is 27.1 Å². The Morgan fingerprint density at radius 3 is 3.00 bits per heavy atom. The number of nitrogens with zero attached hydrogens (tertiary/aromatic N) is 3. The molecule has 0 saturated carbocycles. The summed E-state index contributed by atoms with van der Waals surface area (Å²) in [5.74, 6) is 0. The van der Waals surface area contributed by atoms with Gasteiger partial charge in [-0.2, -0.15) is 10.4 Å². The summed E-state index contributed by atoms with van der Waals surface area (Å²) in [6.07, 6.45) is 3.32. The summed E-state index contributed by atoms with van der Waals surface area (Å²) in [7, 11) is 1.78. The van der Waals surface area contributed by atoms with Gasteiger partial charge in [-0.25, -0.2) is 0 Å². The molecule has 0 amide bonds. The third kappa shape index (κ3) is 1.34. The Kier molecular flexibility index (Phi) is 2.25. The van der Waals surface area contributed by atoms with Gasteiger partial charge in [-0.15, -0.1) is 0 Å². The van der Waals surface area contributed by atoms with Crippen LogP contribution in [0.3, 0.4) is 0 Å². The minimum Gasteiger partial charge on any atom is -0.385 e. The average Bonchev–Trinajstić information content (AvgIpc) is 3.02. The summed E-state index contributed by atoms with van der Waals surface area (Å²) in [6, 6.07) is 4.07. The number of fused-ring (bicyclic) bond motifs is 2. The number of rotatable bonds is 2. The molecule has 4 atom stereocenters. The van der Waals surface area contributed by atoms with E-state index in [4.69, 9.17) is 4.74 Å². The fraction of sp³-hybridized carbons (Fsp3) is 0.667. The fourth-order valence-corrected chi connectivity index (χ4v) is 3.13. The Bertz CT molecular complexity index is 478. The molecule has 17 heavy (non-hydrogen) atoms. The molecule has 2 aliphatic rings. The van der Waals surface area contributed by atoms with Crippen LogP contribution in [0.4, 0.5) is 0 Å². The van der Waals surface area contributed by atoms with E-state index in [0.29, 0.717) is 12.1 Å². The molecule has 1 aromatic heterocycles. The van der Waals surface area contributed by atoms with Crippen molar-refractivity contribution in [3.8, 4) is 6.07 Å². The lowest BCUT2D eigenvalue weighted by atomic mass is 9.70. The van der Waals surface area contributed by atoms with Gasteiger partial charge in [0, 0.05) is 13.2 Å². The molecule has 2 bridgehead atoms. The highest BCUT2D eigenvalue weighted by Crippen LogP contribution is 2.53. The molecule has 0 aromatic carbocycles. The van der Waals surface area contributed by atoms with Crippen LogP contribution in [0.15, 0.2) is 12.3 Å². The highest BCUT2D eigenvalue weighted by Gasteiger charge is 2.57. The molecule has 2 aliphatic heterocycles. The van der Waals surface area contributed by atoms with Crippen molar-refractivity contribution in [1.29, 1.82) is 5.26 Å². The van der Waals surface area contributed by atoms with Crippen LogP contribution >= 0.6 is 0 Å². The van der Waals surface area contributed by atoms with Crippen molar-refractivity contribution >= 4 is 0 Å². The van der Waals surface area contributed by atoms with Crippen LogP contribution in [0.5, 0.6) is 0 Å². The van der Waals surface area contributed by atoms with Crippen LogP contribution in [0, 0.1) is 16.7 Å². The van der Waals surface area contributed by atoms with E-state index in [2.05, 4.69) is 11.2 Å². The zero-order valence-electron chi connectivity index (χ0n) is 9.71. The Balaban J connectivity index is 1.97. The molecular weight excluding hydrogens is 218 g/mol. The van der Waals surface area contributed by atoms with Gasteiger partial charge < -0.3 is 9.84 Å². The van der Waals surface area contributed by atoms with Gasteiger partial charge >= 0.3 is 0 Å². The van der Waals surface area contributed by atoms with E-state index in [-0.39, 0.29) is 12.2 Å². The van der Waals surface area contributed by atoms with E-state index in [9.17, 15) is 10.4 Å². The van der Waals surface area contributed by atoms with E-state index in [1.165, 1.54) is 0 Å². The summed E-state index contributed by atoms with van der Waals surface area (Å²) in [5, 5.41) is 24.0. The summed E-state index contributed by atoms with van der Waals surface area (Å²) < 4.78 is 7.35. The van der Waals surface area contributed by atoms with Gasteiger partial charge in [0.2, 0.25) is 0 Å². The molecule has 0 spiro atoms. The first-order chi connectivity index (χ1) is 8.17. The number of aromatic nitrogens is 2. The van der Waals surface area contributed by atoms with Crippen LogP contribution in [0.2, 0.25) is 0 Å². The molecule has 4 unspecified atom stereocenters. The van der Waals surface area contributed by atoms with Gasteiger partial charge in [0.25, 0.3) is 0 Å². The lowest BCUT2D eigenvalue weighted by Gasteiger charge is -2.32. The first-order valence-electron chi connectivity index (χ1n) is 5.90. The molecule has 90 valence electrons. The van der Waals surface area contributed by atoms with Gasteiger partial charge in [-0.05, 0) is 25.3 Å². The van der Waals surface area contributed by atoms with Crippen LogP contribution in [-0.2, 0) is 11.8 Å². The molecule has 0 radical (unpaired) electrons. The monoisotopic (exact) mass is 233 g/mol. The number of hydrogen-bond acceptors (Lipinski definition) is 4. The number of aliphatic hydroxyl groups excluding tert-OH is 1. The lowest BCUT2D eigenvalue weighted by molar-refractivity contribution is -0.000597. The Morgan fingerprint density at radius 2 is 2.53 bits per heavy atom. The van der Waals surface area contributed by atoms with Gasteiger partial charge in [-0.1, -0.05) is 0 Å². The van der Waals surface area contributed by atoms with Gasteiger partial charge in [-0.3, -0.25) is 4.68 Å². The largest absolute Gasteiger partial charge is 0.385 e. The third-order valence-electron chi connectivity index (χ3n) is 4.08. The highest BCUT2D eigenvalue weighted by molar-refractivity contribution is 5.22. The molecule has 1 aromatic rings. The maximum absolute atomic E-state index is 10.5. The standard InChI is InChI=1S/C12H15N3O2/c1-15-9(4-5-14-15)11(16)12(7-13)6-8-2-3-10(12)17-8/h4-5,8,10-11,16H,2-3,6H2,1H3. The first kappa shape index (κ1) is 10.8. The van der Waals surface area contributed by atoms with E-state index >= 15 is 0 Å². The fourth-order valence-electron chi connectivity index (χ4n) is 3.13. The molecule has 3 rings (SSSR count). The summed E-state index contributed by atoms with van der Waals surface area (Å²) in [6.45, 7) is 0. The molecule has 2 fully saturated rings. The molecule has 5 nitrogen and oxygen atoms in total. The van der Waals surface area contributed by atoms with Crippen molar-refractivity contribution in [1.82, 2.24) is 9.78 Å². The predicted octanol–water partition coefficient (Wildman–Crippen LogP) is 0.915. The van der Waals surface area contributed by atoms with Gasteiger partial charge in [0.05, 0.1) is 24.0 Å². The second-order valence-electron chi connectivity index (χ2n) is 4.96. The topological polar surface area (TPSA) is 71.1 Å². The summed E-state index contributed by atoms with van der Waals surface area (Å²) >= 11 is 0. The van der Waals surface area contributed by atoms with Crippen LogP contribution in [0.1, 0.15) is 31.1 Å². The van der Waals surface area contributed by atoms with Crippen molar-refractivity contribution < 1.29 is 9.84 Å². The average molecular weight is 233 g/mol. The van der Waals surface area contributed by atoms with Gasteiger partial charge in [0.1, 0.15) is 11.5 Å². The highest BCUT2D eigenvalue weighted by atomic mass is 16.5. The maximum Gasteiger partial charge on any atom is 0.117 e. The number of hydrogen-bond donors (Lipinski definition) is 1. The van der Waals surface area contributed by atoms with Crippen molar-refractivity contribution in [2.24, 2.45) is 12.5 Å². The number of ether oxygens (including phenoxy) is 1. The SMILES string of the molecule is Cn1nccc1C(O)C1(C#N)CC2CCC1O2. The Labute approximate surface area is 99.6 Å². The second kappa shape index (κ2) is 3.56. The minimum absolute atomic E-state index is 0.137. The van der Waals surface area contributed by atoms with Crippen molar-refractivity contribution in [3.05, 3.63) is 18.0 Å². The molecule has 0 aliphatic carbocycles. The minimum atomic E-state index is -0.824. The third-order valence-corrected chi connectivity index (χ3v) is 4.08. The van der Waals surface area contributed by atoms with Crippen LogP contribution < -0.4 is 0 Å². The van der Waals surface area contributed by atoms with Crippen molar-refractivity contribution in [2.45, 2.75) is 37.6 Å². The Morgan fingerprint density at radius 1 is 1.71 bits per heavy atom. The molecule has 3 heterocycles. The molecule has 2 saturated heterocycles. The van der Waals surface area contributed by atoms with E-state index in [1.54, 1.807) is 24.0 Å². The molecule has 5 heteroatoms. The molecule has 1 N–H and O–H groups in total. The normalized spacial score (nSPS) is 37.0. The summed E-state index contributed by atoms with van der Waals surface area (Å²) in [5.41, 5.74) is -0.112. The maximum atomic E-state index is 10.5. The number of aliphatic hydroxyl groups is 1. The molecular formula is C12H15N3O2. The predicted molar refractivity (Wildman–Crippen MR) is 58.7 cm³/mol. The first-order valence-corrected chi connectivity index (χ1v) is 5.90. The van der Waals surface area contributed by atoms with E-state index in [1.807, 2.05) is 0 Å². The number of aryl methyl sites for hydroxylation is 1. The Hall–Kier alpha value is -1.38. The number of nitriles is 1. The van der Waals surface area contributed by atoms with Crippen molar-refractivity contribution in [3.63, 3.8) is 0 Å². The van der Waals surface area contributed by atoms with E-state index < -0.39 is 11.5 Å². The van der Waals surface area contributed by atoms with Crippen LogP contribution in [0.25, 0.3) is 0 Å². The van der Waals surface area contributed by atoms with Crippen molar-refractivity contribution in [2.75, 3.05) is 0 Å². The van der Waals surface area contributed by atoms with Gasteiger partial charge in [0.15, 0.2) is 0 Å².